The number of benzene rings is 2. The predicted molar refractivity (Wildman–Crippen MR) is 123 cm³/mol. The van der Waals surface area contributed by atoms with Gasteiger partial charge in [0.2, 0.25) is 0 Å². The second-order valence-corrected chi connectivity index (χ2v) is 8.57. The normalized spacial score (nSPS) is 19.3. The minimum absolute atomic E-state index is 0.0356. The molecule has 33 heavy (non-hydrogen) atoms. The van der Waals surface area contributed by atoms with Crippen LogP contribution in [0, 0.1) is 6.92 Å². The lowest BCUT2D eigenvalue weighted by Crippen LogP contribution is -2.45. The predicted octanol–water partition coefficient (Wildman–Crippen LogP) is 4.74. The van der Waals surface area contributed by atoms with Crippen LogP contribution in [0.1, 0.15) is 45.9 Å². The number of H-pyrrole nitrogens is 1. The number of fused-ring (bicyclic) bond motifs is 1. The number of aryl methyl sites for hydroxylation is 1. The Morgan fingerprint density at radius 1 is 1.30 bits per heavy atom. The zero-order chi connectivity index (χ0) is 23.5. The molecule has 8 heteroatoms. The Morgan fingerprint density at radius 3 is 2.73 bits per heavy atom. The molecule has 1 aliphatic rings. The van der Waals surface area contributed by atoms with Gasteiger partial charge in [0.05, 0.1) is 19.2 Å². The lowest BCUT2D eigenvalue weighted by molar-refractivity contribution is 0.0696. The summed E-state index contributed by atoms with van der Waals surface area (Å²) < 4.78 is 31.3. The molecule has 3 N–H and O–H groups in total. The standard InChI is InChI=1S/C25H29F2N3O3/c1-15-11-22(33-2)20(19-7-9-28-24(15)19)14-30-10-8-18(29-13-23(26)27)12-21(30)16-3-5-17(6-4-16)25(31)32/h3-7,9,11,18,21,23,28-29H,8,10,12-14H2,1-2H3,(H,31,32)/t18-,21-/m1/s1. The third kappa shape index (κ3) is 5.02. The number of likely N-dealkylation sites (tertiary alicyclic amines) is 1. The van der Waals surface area contributed by atoms with E-state index in [1.54, 1.807) is 19.2 Å². The fourth-order valence-electron chi connectivity index (χ4n) is 4.82. The molecule has 0 spiro atoms. The minimum atomic E-state index is -2.39. The van der Waals surface area contributed by atoms with Crippen LogP contribution in [0.3, 0.4) is 0 Å². The van der Waals surface area contributed by atoms with E-state index >= 15 is 0 Å². The van der Waals surface area contributed by atoms with Crippen molar-refractivity contribution in [3.63, 3.8) is 0 Å². The molecule has 176 valence electrons. The van der Waals surface area contributed by atoms with Gasteiger partial charge in [0.25, 0.3) is 6.43 Å². The Morgan fingerprint density at radius 2 is 2.06 bits per heavy atom. The molecule has 0 unspecified atom stereocenters. The average molecular weight is 458 g/mol. The van der Waals surface area contributed by atoms with Crippen LogP contribution < -0.4 is 10.1 Å². The number of halogens is 2. The number of methoxy groups -OCH3 is 1. The first-order valence-electron chi connectivity index (χ1n) is 11.1. The van der Waals surface area contributed by atoms with E-state index < -0.39 is 12.4 Å². The van der Waals surface area contributed by atoms with Gasteiger partial charge >= 0.3 is 5.97 Å². The Labute approximate surface area is 191 Å². The number of hydrogen-bond acceptors (Lipinski definition) is 4. The molecule has 0 saturated carbocycles. The van der Waals surface area contributed by atoms with Gasteiger partial charge in [-0.15, -0.1) is 0 Å². The molecule has 1 fully saturated rings. The Kier molecular flexibility index (Phi) is 6.95. The van der Waals surface area contributed by atoms with Crippen LogP contribution in [0.25, 0.3) is 10.9 Å². The summed E-state index contributed by atoms with van der Waals surface area (Å²) in [6, 6.07) is 10.9. The van der Waals surface area contributed by atoms with E-state index in [1.807, 2.05) is 37.4 Å². The number of aromatic amines is 1. The van der Waals surface area contributed by atoms with Crippen molar-refractivity contribution in [2.75, 3.05) is 20.2 Å². The number of nitrogens with one attached hydrogen (secondary N) is 2. The van der Waals surface area contributed by atoms with Gasteiger partial charge in [0.15, 0.2) is 0 Å². The molecule has 1 aromatic heterocycles. The maximum Gasteiger partial charge on any atom is 0.335 e. The topological polar surface area (TPSA) is 77.6 Å². The minimum Gasteiger partial charge on any atom is -0.496 e. The highest BCUT2D eigenvalue weighted by molar-refractivity contribution is 5.88. The highest BCUT2D eigenvalue weighted by Gasteiger charge is 2.31. The molecular formula is C25H29F2N3O3. The van der Waals surface area contributed by atoms with Crippen molar-refractivity contribution in [3.8, 4) is 5.75 Å². The summed E-state index contributed by atoms with van der Waals surface area (Å²) in [5, 5.41) is 13.3. The SMILES string of the molecule is COc1cc(C)c2[nH]ccc2c1CN1CC[C@@H](NCC(F)F)C[C@@H]1c1ccc(C(=O)O)cc1. The van der Waals surface area contributed by atoms with Gasteiger partial charge in [0.1, 0.15) is 5.75 Å². The van der Waals surface area contributed by atoms with Gasteiger partial charge in [-0.2, -0.15) is 0 Å². The van der Waals surface area contributed by atoms with Crippen molar-refractivity contribution in [1.29, 1.82) is 0 Å². The Bertz CT molecular complexity index is 1110. The molecule has 2 heterocycles. The van der Waals surface area contributed by atoms with Crippen LogP contribution in [0.5, 0.6) is 5.75 Å². The highest BCUT2D eigenvalue weighted by atomic mass is 19.3. The first-order chi connectivity index (χ1) is 15.9. The van der Waals surface area contributed by atoms with E-state index in [2.05, 4.69) is 15.2 Å². The van der Waals surface area contributed by atoms with Crippen molar-refractivity contribution >= 4 is 16.9 Å². The molecule has 0 aliphatic carbocycles. The lowest BCUT2D eigenvalue weighted by atomic mass is 9.90. The van der Waals surface area contributed by atoms with Crippen molar-refractivity contribution in [2.24, 2.45) is 0 Å². The number of ether oxygens (including phenoxy) is 1. The number of carboxylic acid groups (broad SMARTS) is 1. The van der Waals surface area contributed by atoms with E-state index in [0.29, 0.717) is 13.0 Å². The number of carboxylic acids is 1. The quantitative estimate of drug-likeness (QED) is 0.455. The molecule has 0 amide bonds. The second kappa shape index (κ2) is 9.89. The number of rotatable bonds is 8. The molecule has 4 rings (SSSR count). The van der Waals surface area contributed by atoms with Gasteiger partial charge in [-0.1, -0.05) is 12.1 Å². The van der Waals surface area contributed by atoms with Gasteiger partial charge < -0.3 is 20.1 Å². The van der Waals surface area contributed by atoms with Gasteiger partial charge in [0, 0.05) is 47.8 Å². The fraction of sp³-hybridized carbons (Fsp3) is 0.400. The number of alkyl halides is 2. The molecule has 0 radical (unpaired) electrons. The first-order valence-corrected chi connectivity index (χ1v) is 11.1. The van der Waals surface area contributed by atoms with Crippen molar-refractivity contribution in [3.05, 3.63) is 64.8 Å². The largest absolute Gasteiger partial charge is 0.496 e. The third-order valence-electron chi connectivity index (χ3n) is 6.51. The third-order valence-corrected chi connectivity index (χ3v) is 6.51. The lowest BCUT2D eigenvalue weighted by Gasteiger charge is -2.40. The summed E-state index contributed by atoms with van der Waals surface area (Å²) in [6.07, 6.45) is 0.934. The Hall–Kier alpha value is -2.97. The van der Waals surface area contributed by atoms with E-state index in [4.69, 9.17) is 4.74 Å². The van der Waals surface area contributed by atoms with Crippen LogP contribution in [-0.4, -0.2) is 53.6 Å². The first kappa shape index (κ1) is 23.2. The van der Waals surface area contributed by atoms with E-state index in [1.165, 1.54) is 0 Å². The molecule has 3 aromatic rings. The zero-order valence-corrected chi connectivity index (χ0v) is 18.8. The van der Waals surface area contributed by atoms with E-state index in [-0.39, 0.29) is 24.2 Å². The van der Waals surface area contributed by atoms with Crippen LogP contribution >= 0.6 is 0 Å². The molecule has 1 aliphatic heterocycles. The van der Waals surface area contributed by atoms with Crippen molar-refractivity contribution < 1.29 is 23.4 Å². The van der Waals surface area contributed by atoms with Crippen molar-refractivity contribution in [2.45, 2.75) is 44.8 Å². The summed E-state index contributed by atoms with van der Waals surface area (Å²) in [6.45, 7) is 3.06. The maximum atomic E-state index is 12.8. The Balaban J connectivity index is 1.66. The highest BCUT2D eigenvalue weighted by Crippen LogP contribution is 2.37. The number of aromatic carboxylic acids is 1. The van der Waals surface area contributed by atoms with E-state index in [9.17, 15) is 18.7 Å². The number of carbonyl (C=O) groups is 1. The number of hydrogen-bond donors (Lipinski definition) is 3. The van der Waals surface area contributed by atoms with E-state index in [0.717, 1.165) is 46.3 Å². The molecule has 1 saturated heterocycles. The summed E-state index contributed by atoms with van der Waals surface area (Å²) in [7, 11) is 1.67. The summed E-state index contributed by atoms with van der Waals surface area (Å²) in [5.74, 6) is -0.157. The molecular weight excluding hydrogens is 428 g/mol. The number of aromatic nitrogens is 1. The fourth-order valence-corrected chi connectivity index (χ4v) is 4.82. The smallest absolute Gasteiger partial charge is 0.335 e. The number of piperidine rings is 1. The molecule has 6 nitrogen and oxygen atoms in total. The molecule has 2 aromatic carbocycles. The monoisotopic (exact) mass is 457 g/mol. The number of nitrogens with zero attached hydrogens (tertiary/aromatic N) is 1. The molecule has 2 atom stereocenters. The van der Waals surface area contributed by atoms with Crippen LogP contribution in [-0.2, 0) is 6.54 Å². The summed E-state index contributed by atoms with van der Waals surface area (Å²) in [4.78, 5) is 16.9. The van der Waals surface area contributed by atoms with Gasteiger partial charge in [-0.05, 0) is 55.2 Å². The maximum absolute atomic E-state index is 12.8. The van der Waals surface area contributed by atoms with Crippen LogP contribution in [0.15, 0.2) is 42.6 Å². The van der Waals surface area contributed by atoms with Crippen molar-refractivity contribution in [1.82, 2.24) is 15.2 Å². The average Bonchev–Trinajstić information content (AvgIpc) is 3.30. The second-order valence-electron chi connectivity index (χ2n) is 8.57. The van der Waals surface area contributed by atoms with Crippen LogP contribution in [0.2, 0.25) is 0 Å². The summed E-state index contributed by atoms with van der Waals surface area (Å²) in [5.41, 5.74) is 4.45. The van der Waals surface area contributed by atoms with Crippen LogP contribution in [0.4, 0.5) is 8.78 Å². The zero-order valence-electron chi connectivity index (χ0n) is 18.8. The summed E-state index contributed by atoms with van der Waals surface area (Å²) >= 11 is 0. The van der Waals surface area contributed by atoms with Gasteiger partial charge in [-0.25, -0.2) is 13.6 Å². The molecule has 0 bridgehead atoms. The van der Waals surface area contributed by atoms with Gasteiger partial charge in [-0.3, -0.25) is 4.90 Å².